The first kappa shape index (κ1) is 19.5. The number of ether oxygens (including phenoxy) is 1. The Morgan fingerprint density at radius 1 is 1.30 bits per heavy atom. The van der Waals surface area contributed by atoms with Crippen molar-refractivity contribution >= 4 is 34.1 Å². The molecule has 4 N–H and O–H groups in total. The van der Waals surface area contributed by atoms with E-state index in [-0.39, 0.29) is 18.0 Å². The van der Waals surface area contributed by atoms with Gasteiger partial charge in [0.25, 0.3) is 11.7 Å². The van der Waals surface area contributed by atoms with E-state index in [4.69, 9.17) is 10.5 Å². The van der Waals surface area contributed by atoms with Gasteiger partial charge in [-0.05, 0) is 26.0 Å². The van der Waals surface area contributed by atoms with Gasteiger partial charge in [0, 0.05) is 41.6 Å². The highest BCUT2D eigenvalue weighted by molar-refractivity contribution is 6.13. The molecule has 0 radical (unpaired) electrons. The van der Waals surface area contributed by atoms with Crippen LogP contribution in [0.15, 0.2) is 30.7 Å². The van der Waals surface area contributed by atoms with Crippen LogP contribution in [-0.4, -0.2) is 55.2 Å². The van der Waals surface area contributed by atoms with Crippen LogP contribution in [0.25, 0.3) is 16.7 Å². The molecule has 4 aromatic rings. The number of aryl methyl sites for hydroxylation is 1. The highest BCUT2D eigenvalue weighted by Gasteiger charge is 2.17. The molecular weight excluding hydrogens is 386 g/mol. The van der Waals surface area contributed by atoms with Crippen LogP contribution in [0.2, 0.25) is 0 Å². The summed E-state index contributed by atoms with van der Waals surface area (Å²) in [5.74, 6) is 0.491. The number of nitrogens with zero attached hydrogens (tertiary/aromatic N) is 6. The molecule has 1 aromatic carbocycles. The van der Waals surface area contributed by atoms with Crippen LogP contribution in [0.4, 0.5) is 11.5 Å². The van der Waals surface area contributed by atoms with E-state index < -0.39 is 0 Å². The van der Waals surface area contributed by atoms with E-state index in [1.165, 1.54) is 18.0 Å². The number of benzene rings is 1. The second-order valence-electron chi connectivity index (χ2n) is 6.85. The summed E-state index contributed by atoms with van der Waals surface area (Å²) in [6.45, 7) is 4.28. The van der Waals surface area contributed by atoms with Crippen molar-refractivity contribution in [1.82, 2.24) is 29.5 Å². The van der Waals surface area contributed by atoms with Gasteiger partial charge in [0.05, 0.1) is 18.2 Å². The molecule has 0 unspecified atom stereocenters. The standard InChI is InChI=1S/C19H21N9O2/c1-10(20)7-21-14-5-4-12(16-13(14)8-22-19(27-16)30-3)17(29)26-15-6-11(2)25-18-23-9-24-28(15)18/h4-6,8-10,21H,7,20H2,1-3H3,(H,26,29)/t10-/m1/s1. The predicted molar refractivity (Wildman–Crippen MR) is 112 cm³/mol. The summed E-state index contributed by atoms with van der Waals surface area (Å²) in [5.41, 5.74) is 8.14. The zero-order chi connectivity index (χ0) is 21.3. The van der Waals surface area contributed by atoms with Gasteiger partial charge in [-0.2, -0.15) is 19.6 Å². The Hall–Kier alpha value is -3.86. The van der Waals surface area contributed by atoms with Gasteiger partial charge in [-0.25, -0.2) is 9.97 Å². The number of fused-ring (bicyclic) bond motifs is 2. The molecule has 0 aliphatic carbocycles. The Balaban J connectivity index is 1.76. The van der Waals surface area contributed by atoms with Gasteiger partial charge in [0.15, 0.2) is 0 Å². The second-order valence-corrected chi connectivity index (χ2v) is 6.85. The molecule has 3 aromatic heterocycles. The fourth-order valence-corrected chi connectivity index (χ4v) is 3.01. The Bertz CT molecular complexity index is 1240. The molecule has 30 heavy (non-hydrogen) atoms. The topological polar surface area (TPSA) is 145 Å². The van der Waals surface area contributed by atoms with Crippen molar-refractivity contribution in [1.29, 1.82) is 0 Å². The zero-order valence-corrected chi connectivity index (χ0v) is 16.7. The number of nitrogens with one attached hydrogen (secondary N) is 2. The maximum Gasteiger partial charge on any atom is 0.316 e. The quantitative estimate of drug-likeness (QED) is 0.431. The van der Waals surface area contributed by atoms with Crippen LogP contribution in [0.3, 0.4) is 0 Å². The number of carbonyl (C=O) groups is 1. The van der Waals surface area contributed by atoms with Crippen molar-refractivity contribution in [2.75, 3.05) is 24.3 Å². The summed E-state index contributed by atoms with van der Waals surface area (Å²) in [7, 11) is 1.47. The van der Waals surface area contributed by atoms with Gasteiger partial charge in [-0.3, -0.25) is 4.79 Å². The predicted octanol–water partition coefficient (Wildman–Crippen LogP) is 1.40. The first-order chi connectivity index (χ1) is 14.5. The van der Waals surface area contributed by atoms with Crippen molar-refractivity contribution < 1.29 is 9.53 Å². The minimum atomic E-state index is -0.359. The lowest BCUT2D eigenvalue weighted by molar-refractivity contribution is 0.102. The highest BCUT2D eigenvalue weighted by Crippen LogP contribution is 2.27. The van der Waals surface area contributed by atoms with Crippen LogP contribution in [0.1, 0.15) is 23.0 Å². The fraction of sp³-hybridized carbons (Fsp3) is 0.263. The van der Waals surface area contributed by atoms with E-state index in [1.54, 1.807) is 24.4 Å². The van der Waals surface area contributed by atoms with Crippen molar-refractivity contribution in [3.8, 4) is 6.01 Å². The van der Waals surface area contributed by atoms with E-state index >= 15 is 0 Å². The summed E-state index contributed by atoms with van der Waals surface area (Å²) in [5, 5.41) is 10.9. The first-order valence-corrected chi connectivity index (χ1v) is 9.28. The van der Waals surface area contributed by atoms with Gasteiger partial charge in [0.1, 0.15) is 12.1 Å². The van der Waals surface area contributed by atoms with Gasteiger partial charge in [0.2, 0.25) is 0 Å². The molecule has 4 rings (SSSR count). The molecule has 11 heteroatoms. The molecule has 0 saturated heterocycles. The second kappa shape index (κ2) is 7.87. The number of anilines is 2. The molecule has 0 bridgehead atoms. The molecule has 154 valence electrons. The van der Waals surface area contributed by atoms with Crippen molar-refractivity contribution in [3.05, 3.63) is 42.0 Å². The van der Waals surface area contributed by atoms with Crippen molar-refractivity contribution in [2.45, 2.75) is 19.9 Å². The van der Waals surface area contributed by atoms with Crippen molar-refractivity contribution in [2.24, 2.45) is 5.73 Å². The number of rotatable bonds is 6. The number of nitrogens with two attached hydrogens (primary N) is 1. The fourth-order valence-electron chi connectivity index (χ4n) is 3.01. The van der Waals surface area contributed by atoms with E-state index in [2.05, 4.69) is 35.7 Å². The lowest BCUT2D eigenvalue weighted by Crippen LogP contribution is -2.25. The zero-order valence-electron chi connectivity index (χ0n) is 16.7. The lowest BCUT2D eigenvalue weighted by Gasteiger charge is -2.14. The molecule has 0 saturated carbocycles. The summed E-state index contributed by atoms with van der Waals surface area (Å²) >= 11 is 0. The maximum atomic E-state index is 13.1. The summed E-state index contributed by atoms with van der Waals surface area (Å²) in [4.78, 5) is 30.1. The van der Waals surface area contributed by atoms with Crippen LogP contribution in [0.5, 0.6) is 6.01 Å². The minimum Gasteiger partial charge on any atom is -0.467 e. The molecule has 3 heterocycles. The third kappa shape index (κ3) is 3.70. The molecule has 0 aliphatic heterocycles. The number of hydrogen-bond donors (Lipinski definition) is 3. The van der Waals surface area contributed by atoms with E-state index in [0.29, 0.717) is 40.3 Å². The maximum absolute atomic E-state index is 13.1. The summed E-state index contributed by atoms with van der Waals surface area (Å²) in [6, 6.07) is 5.34. The molecular formula is C19H21N9O2. The molecule has 11 nitrogen and oxygen atoms in total. The number of aromatic nitrogens is 6. The number of amides is 1. The minimum absolute atomic E-state index is 0.0396. The Kier molecular flexibility index (Phi) is 5.11. The van der Waals surface area contributed by atoms with Crippen LogP contribution < -0.4 is 21.1 Å². The number of hydrogen-bond acceptors (Lipinski definition) is 9. The van der Waals surface area contributed by atoms with Crippen LogP contribution in [0, 0.1) is 6.92 Å². The van der Waals surface area contributed by atoms with Gasteiger partial charge < -0.3 is 21.1 Å². The molecule has 0 spiro atoms. The average Bonchev–Trinajstić information content (AvgIpc) is 3.19. The third-order valence-electron chi connectivity index (χ3n) is 4.39. The van der Waals surface area contributed by atoms with Gasteiger partial charge >= 0.3 is 6.01 Å². The summed E-state index contributed by atoms with van der Waals surface area (Å²) < 4.78 is 6.61. The SMILES string of the molecule is COc1ncc2c(NC[C@@H](C)N)ccc(C(=O)Nc3cc(C)nc4ncnn34)c2n1. The van der Waals surface area contributed by atoms with Crippen LogP contribution in [-0.2, 0) is 0 Å². The molecule has 1 amide bonds. The Morgan fingerprint density at radius 3 is 2.90 bits per heavy atom. The summed E-state index contributed by atoms with van der Waals surface area (Å²) in [6.07, 6.45) is 3.00. The largest absolute Gasteiger partial charge is 0.467 e. The molecule has 0 fully saturated rings. The normalized spacial score (nSPS) is 12.1. The lowest BCUT2D eigenvalue weighted by atomic mass is 10.1. The first-order valence-electron chi connectivity index (χ1n) is 9.28. The molecule has 1 atom stereocenters. The third-order valence-corrected chi connectivity index (χ3v) is 4.39. The average molecular weight is 407 g/mol. The van der Waals surface area contributed by atoms with E-state index in [9.17, 15) is 4.79 Å². The smallest absolute Gasteiger partial charge is 0.316 e. The van der Waals surface area contributed by atoms with Gasteiger partial charge in [-0.1, -0.05) is 0 Å². The Labute approximate surface area is 171 Å². The molecule has 0 aliphatic rings. The van der Waals surface area contributed by atoms with E-state index in [1.807, 2.05) is 13.8 Å². The number of carbonyl (C=O) groups excluding carboxylic acids is 1. The number of methoxy groups -OCH3 is 1. The highest BCUT2D eigenvalue weighted by atomic mass is 16.5. The Morgan fingerprint density at radius 2 is 2.13 bits per heavy atom. The monoisotopic (exact) mass is 407 g/mol. The van der Waals surface area contributed by atoms with Crippen molar-refractivity contribution in [3.63, 3.8) is 0 Å². The van der Waals surface area contributed by atoms with E-state index in [0.717, 1.165) is 5.69 Å². The van der Waals surface area contributed by atoms with Gasteiger partial charge in [-0.15, -0.1) is 0 Å². The van der Waals surface area contributed by atoms with Crippen LogP contribution >= 0.6 is 0 Å².